The van der Waals surface area contributed by atoms with Gasteiger partial charge in [0.2, 0.25) is 0 Å². The Balaban J connectivity index is 1.44. The van der Waals surface area contributed by atoms with E-state index in [-0.39, 0.29) is 5.56 Å². The van der Waals surface area contributed by atoms with Gasteiger partial charge in [0.1, 0.15) is 0 Å². The molecule has 134 valence electrons. The molecule has 3 heterocycles. The van der Waals surface area contributed by atoms with E-state index in [1.807, 2.05) is 12.5 Å². The van der Waals surface area contributed by atoms with Crippen LogP contribution >= 0.6 is 0 Å². The number of hydrogen-bond donors (Lipinski definition) is 1. The number of piperidine rings is 1. The van der Waals surface area contributed by atoms with Crippen LogP contribution in [0.4, 0.5) is 0 Å². The van der Waals surface area contributed by atoms with Gasteiger partial charge in [-0.1, -0.05) is 19.3 Å². The van der Waals surface area contributed by atoms with Gasteiger partial charge in [-0.2, -0.15) is 0 Å². The van der Waals surface area contributed by atoms with Crippen LogP contribution in [-0.2, 0) is 6.54 Å². The Bertz CT molecular complexity index is 746. The third-order valence-electron chi connectivity index (χ3n) is 5.72. The Labute approximate surface area is 148 Å². The SMILES string of the molecule is O=c1cc(C2CCCN(Cc3cncn3C3CCCCC3)C2)nc[nH]1. The molecular weight excluding hydrogens is 314 g/mol. The summed E-state index contributed by atoms with van der Waals surface area (Å²) in [5.41, 5.74) is 2.19. The Morgan fingerprint density at radius 2 is 2.04 bits per heavy atom. The minimum atomic E-state index is -0.0579. The molecular formula is C19H27N5O. The van der Waals surface area contributed by atoms with Gasteiger partial charge in [0.05, 0.1) is 24.0 Å². The highest BCUT2D eigenvalue weighted by Gasteiger charge is 2.24. The molecule has 1 saturated carbocycles. The van der Waals surface area contributed by atoms with Crippen LogP contribution in [0.3, 0.4) is 0 Å². The summed E-state index contributed by atoms with van der Waals surface area (Å²) in [5.74, 6) is 0.349. The minimum Gasteiger partial charge on any atom is -0.330 e. The lowest BCUT2D eigenvalue weighted by Crippen LogP contribution is -2.35. The van der Waals surface area contributed by atoms with E-state index >= 15 is 0 Å². The van der Waals surface area contributed by atoms with Crippen molar-refractivity contribution >= 4 is 0 Å². The molecule has 0 aromatic carbocycles. The second kappa shape index (κ2) is 7.52. The van der Waals surface area contributed by atoms with Gasteiger partial charge in [0.15, 0.2) is 0 Å². The standard InChI is InChI=1S/C19H27N5O/c25-19-9-18(21-13-22-19)15-5-4-8-23(11-15)12-17-10-20-14-24(17)16-6-2-1-3-7-16/h9-10,13-16H,1-8,11-12H2,(H,21,22,25). The minimum absolute atomic E-state index is 0.0579. The van der Waals surface area contributed by atoms with Crippen molar-refractivity contribution in [2.24, 2.45) is 0 Å². The lowest BCUT2D eigenvalue weighted by atomic mass is 9.94. The third kappa shape index (κ3) is 3.84. The zero-order valence-corrected chi connectivity index (χ0v) is 14.7. The summed E-state index contributed by atoms with van der Waals surface area (Å²) >= 11 is 0. The predicted molar refractivity (Wildman–Crippen MR) is 96.5 cm³/mol. The molecule has 1 unspecified atom stereocenters. The van der Waals surface area contributed by atoms with Gasteiger partial charge in [-0.3, -0.25) is 9.69 Å². The van der Waals surface area contributed by atoms with E-state index in [2.05, 4.69) is 24.4 Å². The zero-order valence-electron chi connectivity index (χ0n) is 14.7. The normalized spacial score (nSPS) is 23.0. The molecule has 2 fully saturated rings. The molecule has 6 heteroatoms. The smallest absolute Gasteiger partial charge is 0.250 e. The van der Waals surface area contributed by atoms with Crippen LogP contribution in [0, 0.1) is 0 Å². The number of hydrogen-bond acceptors (Lipinski definition) is 4. The first kappa shape index (κ1) is 16.5. The summed E-state index contributed by atoms with van der Waals surface area (Å²) in [7, 11) is 0. The van der Waals surface area contributed by atoms with E-state index in [0.29, 0.717) is 12.0 Å². The molecule has 0 amide bonds. The van der Waals surface area contributed by atoms with Crippen molar-refractivity contribution in [3.05, 3.63) is 46.7 Å². The number of H-pyrrole nitrogens is 1. The fraction of sp³-hybridized carbons (Fsp3) is 0.632. The number of aromatic amines is 1. The fourth-order valence-corrected chi connectivity index (χ4v) is 4.42. The van der Waals surface area contributed by atoms with Gasteiger partial charge in [0.25, 0.3) is 5.56 Å². The average Bonchev–Trinajstić information content (AvgIpc) is 3.11. The van der Waals surface area contributed by atoms with E-state index in [1.54, 1.807) is 6.07 Å². The van der Waals surface area contributed by atoms with Crippen LogP contribution in [0.15, 0.2) is 29.7 Å². The van der Waals surface area contributed by atoms with E-state index < -0.39 is 0 Å². The summed E-state index contributed by atoms with van der Waals surface area (Å²) in [6.45, 7) is 3.01. The number of rotatable bonds is 4. The molecule has 1 N–H and O–H groups in total. The van der Waals surface area contributed by atoms with Gasteiger partial charge in [-0.15, -0.1) is 0 Å². The summed E-state index contributed by atoms with van der Waals surface area (Å²) in [5, 5.41) is 0. The Morgan fingerprint density at radius 3 is 2.88 bits per heavy atom. The van der Waals surface area contributed by atoms with Crippen LogP contribution in [0.5, 0.6) is 0 Å². The molecule has 0 radical (unpaired) electrons. The summed E-state index contributed by atoms with van der Waals surface area (Å²) in [6.07, 6.45) is 14.4. The summed E-state index contributed by atoms with van der Waals surface area (Å²) < 4.78 is 2.41. The van der Waals surface area contributed by atoms with Crippen LogP contribution < -0.4 is 5.56 Å². The van der Waals surface area contributed by atoms with Crippen molar-refractivity contribution in [2.75, 3.05) is 13.1 Å². The van der Waals surface area contributed by atoms with Crippen molar-refractivity contribution in [2.45, 2.75) is 63.5 Å². The van der Waals surface area contributed by atoms with E-state index in [4.69, 9.17) is 0 Å². The molecule has 0 spiro atoms. The molecule has 1 saturated heterocycles. The molecule has 25 heavy (non-hydrogen) atoms. The lowest BCUT2D eigenvalue weighted by Gasteiger charge is -2.33. The van der Waals surface area contributed by atoms with Crippen molar-refractivity contribution < 1.29 is 0 Å². The first-order valence-corrected chi connectivity index (χ1v) is 9.57. The average molecular weight is 341 g/mol. The quantitative estimate of drug-likeness (QED) is 0.928. The van der Waals surface area contributed by atoms with E-state index in [1.165, 1.54) is 44.1 Å². The van der Waals surface area contributed by atoms with Gasteiger partial charge < -0.3 is 9.55 Å². The lowest BCUT2D eigenvalue weighted by molar-refractivity contribution is 0.191. The highest BCUT2D eigenvalue weighted by Crippen LogP contribution is 2.30. The highest BCUT2D eigenvalue weighted by molar-refractivity contribution is 5.09. The van der Waals surface area contributed by atoms with Gasteiger partial charge in [-0.25, -0.2) is 9.97 Å². The number of aromatic nitrogens is 4. The second-order valence-electron chi connectivity index (χ2n) is 7.49. The topological polar surface area (TPSA) is 66.8 Å². The Morgan fingerprint density at radius 1 is 1.16 bits per heavy atom. The molecule has 0 bridgehead atoms. The van der Waals surface area contributed by atoms with Crippen molar-refractivity contribution in [1.29, 1.82) is 0 Å². The van der Waals surface area contributed by atoms with Crippen molar-refractivity contribution in [1.82, 2.24) is 24.4 Å². The van der Waals surface area contributed by atoms with Gasteiger partial charge in [-0.05, 0) is 32.2 Å². The van der Waals surface area contributed by atoms with Crippen molar-refractivity contribution in [3.8, 4) is 0 Å². The maximum atomic E-state index is 11.6. The largest absolute Gasteiger partial charge is 0.330 e. The van der Waals surface area contributed by atoms with Gasteiger partial charge in [0, 0.05) is 37.3 Å². The van der Waals surface area contributed by atoms with Gasteiger partial charge >= 0.3 is 0 Å². The molecule has 1 aliphatic carbocycles. The molecule has 6 nitrogen and oxygen atoms in total. The summed E-state index contributed by atoms with van der Waals surface area (Å²) in [4.78, 5) is 25.5. The molecule has 2 aromatic heterocycles. The van der Waals surface area contributed by atoms with E-state index in [9.17, 15) is 4.79 Å². The van der Waals surface area contributed by atoms with Crippen LogP contribution in [0.1, 0.15) is 68.3 Å². The second-order valence-corrected chi connectivity index (χ2v) is 7.49. The number of nitrogens with one attached hydrogen (secondary N) is 1. The maximum absolute atomic E-state index is 11.6. The fourth-order valence-electron chi connectivity index (χ4n) is 4.42. The molecule has 1 aliphatic heterocycles. The molecule has 1 atom stereocenters. The molecule has 2 aromatic rings. The van der Waals surface area contributed by atoms with Crippen LogP contribution in [0.2, 0.25) is 0 Å². The number of imidazole rings is 1. The Kier molecular flexibility index (Phi) is 4.97. The van der Waals surface area contributed by atoms with Crippen LogP contribution in [0.25, 0.3) is 0 Å². The van der Waals surface area contributed by atoms with E-state index in [0.717, 1.165) is 38.2 Å². The van der Waals surface area contributed by atoms with Crippen molar-refractivity contribution in [3.63, 3.8) is 0 Å². The number of likely N-dealkylation sites (tertiary alicyclic amines) is 1. The number of nitrogens with zero attached hydrogens (tertiary/aromatic N) is 4. The third-order valence-corrected chi connectivity index (χ3v) is 5.72. The highest BCUT2D eigenvalue weighted by atomic mass is 16.1. The first-order valence-electron chi connectivity index (χ1n) is 9.57. The van der Waals surface area contributed by atoms with Crippen LogP contribution in [-0.4, -0.2) is 37.5 Å². The summed E-state index contributed by atoms with van der Waals surface area (Å²) in [6, 6.07) is 2.28. The monoisotopic (exact) mass is 341 g/mol. The predicted octanol–water partition coefficient (Wildman–Crippen LogP) is 2.85. The Hall–Kier alpha value is -1.95. The molecule has 2 aliphatic rings. The first-order chi connectivity index (χ1) is 12.3. The zero-order chi connectivity index (χ0) is 17.1. The maximum Gasteiger partial charge on any atom is 0.250 e. The molecule has 4 rings (SSSR count).